The molecule has 0 N–H and O–H groups in total. The monoisotopic (exact) mass is 283 g/mol. The van der Waals surface area contributed by atoms with Crippen molar-refractivity contribution in [3.05, 3.63) is 65.0 Å². The summed E-state index contributed by atoms with van der Waals surface area (Å²) in [5.41, 5.74) is 4.43. The molecule has 1 aromatic heterocycles. The predicted molar refractivity (Wildman–Crippen MR) is 83.0 cm³/mol. The number of hydrogen-bond acceptors (Lipinski definition) is 3. The third-order valence-electron chi connectivity index (χ3n) is 3.58. The highest BCUT2D eigenvalue weighted by Gasteiger charge is 2.22. The summed E-state index contributed by atoms with van der Waals surface area (Å²) in [6, 6.07) is 10.1. The van der Waals surface area contributed by atoms with E-state index >= 15 is 0 Å². The van der Waals surface area contributed by atoms with Crippen molar-refractivity contribution in [3.63, 3.8) is 0 Å². The molecule has 0 aliphatic rings. The van der Waals surface area contributed by atoms with Crippen LogP contribution >= 0.6 is 0 Å². The van der Waals surface area contributed by atoms with Crippen LogP contribution in [0.15, 0.2) is 42.7 Å². The van der Waals surface area contributed by atoms with Crippen LogP contribution in [0.2, 0.25) is 0 Å². The van der Waals surface area contributed by atoms with E-state index in [9.17, 15) is 4.79 Å². The fourth-order valence-corrected chi connectivity index (χ4v) is 2.61. The zero-order valence-corrected chi connectivity index (χ0v) is 12.8. The lowest BCUT2D eigenvalue weighted by Gasteiger charge is -2.23. The van der Waals surface area contributed by atoms with Gasteiger partial charge in [0.1, 0.15) is 0 Å². The fourth-order valence-electron chi connectivity index (χ4n) is 2.61. The van der Waals surface area contributed by atoms with Gasteiger partial charge in [-0.2, -0.15) is 0 Å². The van der Waals surface area contributed by atoms with Gasteiger partial charge in [-0.1, -0.05) is 38.1 Å². The van der Waals surface area contributed by atoms with Crippen LogP contribution in [0.1, 0.15) is 49.1 Å². The molecule has 0 fully saturated rings. The molecule has 0 spiro atoms. The molecule has 1 atom stereocenters. The smallest absolute Gasteiger partial charge is 0.303 e. The number of rotatable bonds is 5. The molecule has 2 rings (SSSR count). The van der Waals surface area contributed by atoms with E-state index in [1.807, 2.05) is 12.1 Å². The summed E-state index contributed by atoms with van der Waals surface area (Å²) >= 11 is 0. The van der Waals surface area contributed by atoms with Crippen molar-refractivity contribution in [3.8, 4) is 0 Å². The van der Waals surface area contributed by atoms with E-state index in [2.05, 4.69) is 37.0 Å². The Morgan fingerprint density at radius 2 is 1.81 bits per heavy atom. The molecule has 110 valence electrons. The highest BCUT2D eigenvalue weighted by atomic mass is 16.5. The van der Waals surface area contributed by atoms with Gasteiger partial charge in [-0.15, -0.1) is 0 Å². The molecule has 3 nitrogen and oxygen atoms in total. The normalized spacial score (nSPS) is 12.0. The van der Waals surface area contributed by atoms with Crippen LogP contribution in [-0.2, 0) is 22.4 Å². The highest BCUT2D eigenvalue weighted by molar-refractivity contribution is 5.67. The average molecular weight is 283 g/mol. The zero-order chi connectivity index (χ0) is 15.2. The number of pyridine rings is 1. The quantitative estimate of drug-likeness (QED) is 0.782. The molecule has 0 saturated heterocycles. The number of ether oxygens (including phenoxy) is 1. The number of carbonyl (C=O) groups is 1. The van der Waals surface area contributed by atoms with Gasteiger partial charge in [0.25, 0.3) is 0 Å². The maximum absolute atomic E-state index is 11.6. The summed E-state index contributed by atoms with van der Waals surface area (Å²) in [4.78, 5) is 15.7. The van der Waals surface area contributed by atoms with Crippen molar-refractivity contribution in [2.75, 3.05) is 0 Å². The minimum absolute atomic E-state index is 0.281. The van der Waals surface area contributed by atoms with Gasteiger partial charge in [0.15, 0.2) is 6.10 Å². The summed E-state index contributed by atoms with van der Waals surface area (Å²) < 4.78 is 5.63. The SMILES string of the molecule is CCc1cccc(CC)c1[C@@H](OC(C)=O)c1cccnc1. The second kappa shape index (κ2) is 7.02. The number of esters is 1. The van der Waals surface area contributed by atoms with Crippen molar-refractivity contribution in [2.45, 2.75) is 39.7 Å². The largest absolute Gasteiger partial charge is 0.453 e. The minimum atomic E-state index is -0.387. The van der Waals surface area contributed by atoms with Crippen molar-refractivity contribution in [2.24, 2.45) is 0 Å². The molecule has 2 aromatic rings. The maximum atomic E-state index is 11.6. The van der Waals surface area contributed by atoms with E-state index in [-0.39, 0.29) is 12.1 Å². The summed E-state index contributed by atoms with van der Waals surface area (Å²) in [7, 11) is 0. The number of aromatic nitrogens is 1. The van der Waals surface area contributed by atoms with Gasteiger partial charge >= 0.3 is 5.97 Å². The molecule has 0 amide bonds. The van der Waals surface area contributed by atoms with Crippen LogP contribution in [0.25, 0.3) is 0 Å². The first kappa shape index (κ1) is 15.2. The van der Waals surface area contributed by atoms with E-state index in [1.54, 1.807) is 12.4 Å². The summed E-state index contributed by atoms with van der Waals surface area (Å²) in [5, 5.41) is 0. The lowest BCUT2D eigenvalue weighted by atomic mass is 9.90. The molecule has 0 aliphatic carbocycles. The molecular weight excluding hydrogens is 262 g/mol. The third-order valence-corrected chi connectivity index (χ3v) is 3.58. The molecule has 1 aromatic carbocycles. The first-order valence-electron chi connectivity index (χ1n) is 7.35. The Kier molecular flexibility index (Phi) is 5.09. The van der Waals surface area contributed by atoms with Crippen LogP contribution in [0, 0.1) is 0 Å². The van der Waals surface area contributed by atoms with Crippen LogP contribution in [0.3, 0.4) is 0 Å². The van der Waals surface area contributed by atoms with Crippen molar-refractivity contribution in [1.29, 1.82) is 0 Å². The molecule has 0 saturated carbocycles. The zero-order valence-electron chi connectivity index (χ0n) is 12.8. The first-order chi connectivity index (χ1) is 10.2. The van der Waals surface area contributed by atoms with Gasteiger partial charge < -0.3 is 4.74 Å². The van der Waals surface area contributed by atoms with Gasteiger partial charge in [-0.25, -0.2) is 0 Å². The van der Waals surface area contributed by atoms with E-state index in [1.165, 1.54) is 18.1 Å². The van der Waals surface area contributed by atoms with Gasteiger partial charge in [-0.05, 0) is 30.0 Å². The Hall–Kier alpha value is -2.16. The van der Waals surface area contributed by atoms with Crippen LogP contribution in [0.4, 0.5) is 0 Å². The lowest BCUT2D eigenvalue weighted by molar-refractivity contribution is -0.144. The van der Waals surface area contributed by atoms with E-state index in [4.69, 9.17) is 4.74 Å². The predicted octanol–water partition coefficient (Wildman–Crippen LogP) is 3.86. The van der Waals surface area contributed by atoms with Crippen LogP contribution < -0.4 is 0 Å². The second-order valence-corrected chi connectivity index (χ2v) is 4.97. The Morgan fingerprint density at radius 3 is 2.29 bits per heavy atom. The van der Waals surface area contributed by atoms with Gasteiger partial charge in [0, 0.05) is 30.4 Å². The van der Waals surface area contributed by atoms with E-state index < -0.39 is 0 Å². The molecule has 3 heteroatoms. The molecule has 1 heterocycles. The molecule has 0 radical (unpaired) electrons. The summed E-state index contributed by atoms with van der Waals surface area (Å²) in [6.45, 7) is 5.68. The topological polar surface area (TPSA) is 39.2 Å². The standard InChI is InChI=1S/C18H21NO2/c1-4-14-8-6-9-15(5-2)17(14)18(21-13(3)20)16-10-7-11-19-12-16/h6-12,18H,4-5H2,1-3H3/t18-/m0/s1. The maximum Gasteiger partial charge on any atom is 0.303 e. The Labute approximate surface area is 126 Å². The van der Waals surface area contributed by atoms with Crippen molar-refractivity contribution in [1.82, 2.24) is 4.98 Å². The van der Waals surface area contributed by atoms with Gasteiger partial charge in [-0.3, -0.25) is 9.78 Å². The minimum Gasteiger partial charge on any atom is -0.453 e. The number of benzene rings is 1. The molecule has 21 heavy (non-hydrogen) atoms. The van der Waals surface area contributed by atoms with Crippen LogP contribution in [0.5, 0.6) is 0 Å². The third kappa shape index (κ3) is 3.48. The number of hydrogen-bond donors (Lipinski definition) is 0. The van der Waals surface area contributed by atoms with Gasteiger partial charge in [0.2, 0.25) is 0 Å². The molecule has 0 aliphatic heterocycles. The second-order valence-electron chi connectivity index (χ2n) is 4.97. The Balaban J connectivity index is 2.58. The molecule has 0 unspecified atom stereocenters. The van der Waals surface area contributed by atoms with Gasteiger partial charge in [0.05, 0.1) is 0 Å². The molecular formula is C18H21NO2. The van der Waals surface area contributed by atoms with E-state index in [0.717, 1.165) is 24.0 Å². The number of aryl methyl sites for hydroxylation is 2. The highest BCUT2D eigenvalue weighted by Crippen LogP contribution is 2.32. The molecule has 0 bridgehead atoms. The average Bonchev–Trinajstić information content (AvgIpc) is 2.52. The summed E-state index contributed by atoms with van der Waals surface area (Å²) in [6.07, 6.45) is 4.91. The number of carbonyl (C=O) groups excluding carboxylic acids is 1. The van der Waals surface area contributed by atoms with Crippen molar-refractivity contribution >= 4 is 5.97 Å². The fraction of sp³-hybridized carbons (Fsp3) is 0.333. The first-order valence-corrected chi connectivity index (χ1v) is 7.35. The van der Waals surface area contributed by atoms with Crippen LogP contribution in [-0.4, -0.2) is 11.0 Å². The summed E-state index contributed by atoms with van der Waals surface area (Å²) in [5.74, 6) is -0.281. The van der Waals surface area contributed by atoms with Crippen molar-refractivity contribution < 1.29 is 9.53 Å². The Bertz CT molecular complexity index is 586. The lowest BCUT2D eigenvalue weighted by Crippen LogP contribution is -2.14. The number of nitrogens with zero attached hydrogens (tertiary/aromatic N) is 1. The Morgan fingerprint density at radius 1 is 1.14 bits per heavy atom. The van der Waals surface area contributed by atoms with E-state index in [0.29, 0.717) is 0 Å².